The van der Waals surface area contributed by atoms with Crippen molar-refractivity contribution < 1.29 is 9.90 Å². The Balaban J connectivity index is 0.00000128. The maximum absolute atomic E-state index is 11.1. The van der Waals surface area contributed by atoms with E-state index in [1.54, 1.807) is 0 Å². The minimum Gasteiger partial charge on any atom is -0.478 e. The zero-order chi connectivity index (χ0) is 11.0. The largest absolute Gasteiger partial charge is 0.478 e. The minimum absolute atomic E-state index is 0. The van der Waals surface area contributed by atoms with Gasteiger partial charge in [0.15, 0.2) is 0 Å². The molecule has 0 saturated carbocycles. The van der Waals surface area contributed by atoms with Crippen molar-refractivity contribution >= 4 is 29.7 Å². The zero-order valence-electron chi connectivity index (χ0n) is 8.93. The molecule has 0 saturated heterocycles. The Kier molecular flexibility index (Phi) is 3.78. The van der Waals surface area contributed by atoms with Gasteiger partial charge in [0.05, 0.1) is 5.56 Å². The molecule has 0 atom stereocenters. The number of rotatable bonds is 2. The number of hydrogen-bond acceptors (Lipinski definition) is 2. The number of aromatic nitrogens is 1. The summed E-state index contributed by atoms with van der Waals surface area (Å²) in [6, 6.07) is 3.77. The second-order valence-electron chi connectivity index (χ2n) is 3.36. The van der Waals surface area contributed by atoms with E-state index in [9.17, 15) is 4.79 Å². The van der Waals surface area contributed by atoms with Crippen LogP contribution in [0.3, 0.4) is 0 Å². The highest BCUT2D eigenvalue weighted by atomic mass is 35.5. The van der Waals surface area contributed by atoms with Crippen LogP contribution in [0.4, 0.5) is 0 Å². The molecule has 0 unspecified atom stereocenters. The lowest BCUT2D eigenvalue weighted by Gasteiger charge is -2.01. The van der Waals surface area contributed by atoms with Crippen molar-refractivity contribution in [3.8, 4) is 5.00 Å². The molecule has 16 heavy (non-hydrogen) atoms. The van der Waals surface area contributed by atoms with Crippen LogP contribution < -0.4 is 0 Å². The highest BCUT2D eigenvalue weighted by Crippen LogP contribution is 2.30. The van der Waals surface area contributed by atoms with E-state index in [1.165, 1.54) is 11.3 Å². The molecular weight excluding hydrogens is 246 g/mol. The van der Waals surface area contributed by atoms with Gasteiger partial charge >= 0.3 is 5.97 Å². The fourth-order valence-electron chi connectivity index (χ4n) is 1.51. The third-order valence-electron chi connectivity index (χ3n) is 2.42. The highest BCUT2D eigenvalue weighted by molar-refractivity contribution is 7.15. The number of thiophene rings is 1. The van der Waals surface area contributed by atoms with E-state index in [-0.39, 0.29) is 12.4 Å². The number of nitrogens with zero attached hydrogens (tertiary/aromatic N) is 1. The third kappa shape index (κ3) is 1.99. The number of carboxylic acid groups (broad SMARTS) is 1. The Morgan fingerprint density at radius 1 is 1.31 bits per heavy atom. The Morgan fingerprint density at radius 2 is 1.88 bits per heavy atom. The van der Waals surface area contributed by atoms with Crippen LogP contribution in [0.25, 0.3) is 5.00 Å². The minimum atomic E-state index is -0.861. The van der Waals surface area contributed by atoms with E-state index in [0.717, 1.165) is 15.4 Å². The van der Waals surface area contributed by atoms with Crippen molar-refractivity contribution in [1.82, 2.24) is 4.57 Å². The molecule has 0 aromatic carbocycles. The summed E-state index contributed by atoms with van der Waals surface area (Å²) in [5, 5.41) is 9.93. The lowest BCUT2D eigenvalue weighted by Crippen LogP contribution is -2.02. The van der Waals surface area contributed by atoms with Gasteiger partial charge in [0.2, 0.25) is 0 Å². The zero-order valence-corrected chi connectivity index (χ0v) is 10.6. The van der Waals surface area contributed by atoms with Crippen molar-refractivity contribution in [2.75, 3.05) is 0 Å². The van der Waals surface area contributed by atoms with Crippen LogP contribution in [0.2, 0.25) is 0 Å². The first kappa shape index (κ1) is 12.8. The molecular formula is C11H12ClNO2S. The summed E-state index contributed by atoms with van der Waals surface area (Å²) in [6.07, 6.45) is 3.72. The Morgan fingerprint density at radius 3 is 2.38 bits per heavy atom. The highest BCUT2D eigenvalue weighted by Gasteiger charge is 2.19. The monoisotopic (exact) mass is 257 g/mol. The van der Waals surface area contributed by atoms with Crippen LogP contribution in [0.15, 0.2) is 24.5 Å². The summed E-state index contributed by atoms with van der Waals surface area (Å²) < 4.78 is 1.84. The van der Waals surface area contributed by atoms with Gasteiger partial charge in [0.1, 0.15) is 5.00 Å². The summed E-state index contributed by atoms with van der Waals surface area (Å²) in [7, 11) is 0. The second kappa shape index (κ2) is 4.72. The normalized spacial score (nSPS) is 9.88. The molecule has 0 aliphatic rings. The molecule has 2 aromatic heterocycles. The van der Waals surface area contributed by atoms with Gasteiger partial charge in [-0.1, -0.05) is 0 Å². The average molecular weight is 258 g/mol. The molecule has 2 rings (SSSR count). The molecule has 2 heterocycles. The Labute approximate surface area is 104 Å². The number of carboxylic acids is 1. The van der Waals surface area contributed by atoms with E-state index in [0.29, 0.717) is 5.56 Å². The van der Waals surface area contributed by atoms with Crippen LogP contribution in [-0.2, 0) is 0 Å². The maximum atomic E-state index is 11.1. The van der Waals surface area contributed by atoms with Crippen LogP contribution >= 0.6 is 23.7 Å². The van der Waals surface area contributed by atoms with Gasteiger partial charge in [-0.25, -0.2) is 4.79 Å². The lowest BCUT2D eigenvalue weighted by molar-refractivity contribution is 0.0696. The second-order valence-corrected chi connectivity index (χ2v) is 4.56. The van der Waals surface area contributed by atoms with Crippen molar-refractivity contribution in [2.45, 2.75) is 13.8 Å². The molecule has 3 nitrogen and oxygen atoms in total. The van der Waals surface area contributed by atoms with Crippen molar-refractivity contribution in [2.24, 2.45) is 0 Å². The Bertz CT molecular complexity index is 502. The predicted octanol–water partition coefficient (Wildman–Crippen LogP) is 3.28. The standard InChI is InChI=1S/C11H11NO2S.ClH/c1-7-8(2)15-10(9(7)11(13)14)12-5-3-4-6-12;/h3-6H,1-2H3,(H,13,14);1H. The molecule has 0 spiro atoms. The number of carbonyl (C=O) groups is 1. The fraction of sp³-hybridized carbons (Fsp3) is 0.182. The summed E-state index contributed by atoms with van der Waals surface area (Å²) in [4.78, 5) is 12.2. The summed E-state index contributed by atoms with van der Waals surface area (Å²) in [6.45, 7) is 3.79. The van der Waals surface area contributed by atoms with E-state index in [1.807, 2.05) is 42.9 Å². The smallest absolute Gasteiger partial charge is 0.339 e. The van der Waals surface area contributed by atoms with Crippen LogP contribution in [0.1, 0.15) is 20.8 Å². The fourth-order valence-corrected chi connectivity index (χ4v) is 2.63. The van der Waals surface area contributed by atoms with E-state index in [2.05, 4.69) is 0 Å². The van der Waals surface area contributed by atoms with Crippen molar-refractivity contribution in [1.29, 1.82) is 0 Å². The van der Waals surface area contributed by atoms with Crippen molar-refractivity contribution in [3.05, 3.63) is 40.5 Å². The molecule has 0 radical (unpaired) electrons. The predicted molar refractivity (Wildman–Crippen MR) is 67.3 cm³/mol. The molecule has 0 aliphatic carbocycles. The van der Waals surface area contributed by atoms with Gasteiger partial charge in [0.25, 0.3) is 0 Å². The van der Waals surface area contributed by atoms with Gasteiger partial charge < -0.3 is 9.67 Å². The summed E-state index contributed by atoms with van der Waals surface area (Å²) in [5.41, 5.74) is 1.27. The average Bonchev–Trinajstić information content (AvgIpc) is 2.75. The van der Waals surface area contributed by atoms with E-state index >= 15 is 0 Å². The number of aromatic carboxylic acids is 1. The quantitative estimate of drug-likeness (QED) is 0.897. The van der Waals surface area contributed by atoms with E-state index < -0.39 is 5.97 Å². The lowest BCUT2D eigenvalue weighted by atomic mass is 10.1. The third-order valence-corrected chi connectivity index (χ3v) is 3.64. The molecule has 1 N–H and O–H groups in total. The van der Waals surface area contributed by atoms with E-state index in [4.69, 9.17) is 5.11 Å². The maximum Gasteiger partial charge on any atom is 0.339 e. The number of aryl methyl sites for hydroxylation is 1. The summed E-state index contributed by atoms with van der Waals surface area (Å²) >= 11 is 1.51. The molecule has 0 aliphatic heterocycles. The first-order valence-electron chi connectivity index (χ1n) is 4.58. The first-order chi connectivity index (χ1) is 7.11. The van der Waals surface area contributed by atoms with Gasteiger partial charge in [-0.2, -0.15) is 0 Å². The van der Waals surface area contributed by atoms with Gasteiger partial charge in [-0.3, -0.25) is 0 Å². The molecule has 5 heteroatoms. The molecule has 0 bridgehead atoms. The van der Waals surface area contributed by atoms with Gasteiger partial charge in [0, 0.05) is 17.3 Å². The van der Waals surface area contributed by atoms with Crippen LogP contribution in [0.5, 0.6) is 0 Å². The first-order valence-corrected chi connectivity index (χ1v) is 5.39. The SMILES string of the molecule is Cc1sc(-n2cccc2)c(C(=O)O)c1C.Cl. The van der Waals surface area contributed by atoms with Crippen molar-refractivity contribution in [3.63, 3.8) is 0 Å². The number of hydrogen-bond donors (Lipinski definition) is 1. The van der Waals surface area contributed by atoms with Gasteiger partial charge in [-0.05, 0) is 31.5 Å². The molecule has 86 valence electrons. The molecule has 0 amide bonds. The molecule has 0 fully saturated rings. The topological polar surface area (TPSA) is 42.2 Å². The molecule has 2 aromatic rings. The summed E-state index contributed by atoms with van der Waals surface area (Å²) in [5.74, 6) is -0.861. The Hall–Kier alpha value is -1.26. The van der Waals surface area contributed by atoms with Crippen LogP contribution in [0, 0.1) is 13.8 Å². The van der Waals surface area contributed by atoms with Crippen LogP contribution in [-0.4, -0.2) is 15.6 Å². The van der Waals surface area contributed by atoms with Gasteiger partial charge in [-0.15, -0.1) is 23.7 Å². The number of halogens is 1.